The van der Waals surface area contributed by atoms with E-state index in [4.69, 9.17) is 5.73 Å². The number of hydrogen-bond donors (Lipinski definition) is 3. The van der Waals surface area contributed by atoms with Gasteiger partial charge in [0.25, 0.3) is 0 Å². The molecule has 0 saturated carbocycles. The second kappa shape index (κ2) is 7.01. The molecule has 1 fully saturated rings. The molecule has 26 heavy (non-hydrogen) atoms. The number of nitrogens with zero attached hydrogens (tertiary/aromatic N) is 5. The molecule has 3 aromatic rings. The molecule has 0 bridgehead atoms. The molecular formula is C18H21N7O. The van der Waals surface area contributed by atoms with Crippen LogP contribution in [-0.4, -0.2) is 44.0 Å². The van der Waals surface area contributed by atoms with Gasteiger partial charge in [0.2, 0.25) is 11.9 Å². The minimum absolute atomic E-state index is 0.112. The molecule has 1 aromatic carbocycles. The standard InChI is InChI=1S/C18H21N7O/c19-17-22-18(21-13-5-2-1-3-6-13)23-25(17)14-8-9-20-16(11-14)24-10-4-7-15(24)12-26/h1-3,5-6,8-9,11,15,26H,4,7,10,12H2,(H3,19,21,22,23)/t15-/m1/s1. The largest absolute Gasteiger partial charge is 0.394 e. The van der Waals surface area contributed by atoms with E-state index < -0.39 is 0 Å². The minimum atomic E-state index is 0.112. The molecular weight excluding hydrogens is 330 g/mol. The first-order chi connectivity index (χ1) is 12.7. The summed E-state index contributed by atoms with van der Waals surface area (Å²) < 4.78 is 1.58. The summed E-state index contributed by atoms with van der Waals surface area (Å²) in [5.74, 6) is 1.54. The first-order valence-electron chi connectivity index (χ1n) is 8.63. The van der Waals surface area contributed by atoms with E-state index in [9.17, 15) is 5.11 Å². The van der Waals surface area contributed by atoms with E-state index in [-0.39, 0.29) is 12.6 Å². The highest BCUT2D eigenvalue weighted by molar-refractivity contribution is 5.55. The number of pyridine rings is 1. The molecule has 0 amide bonds. The molecule has 1 aliphatic rings. The number of aliphatic hydroxyl groups excluding tert-OH is 1. The normalized spacial score (nSPS) is 16.8. The lowest BCUT2D eigenvalue weighted by molar-refractivity contribution is 0.266. The van der Waals surface area contributed by atoms with Gasteiger partial charge in [-0.2, -0.15) is 9.67 Å². The zero-order valence-electron chi connectivity index (χ0n) is 14.3. The van der Waals surface area contributed by atoms with Crippen molar-refractivity contribution in [1.29, 1.82) is 0 Å². The molecule has 134 valence electrons. The van der Waals surface area contributed by atoms with Crippen LogP contribution in [0.5, 0.6) is 0 Å². The van der Waals surface area contributed by atoms with Crippen molar-refractivity contribution in [3.8, 4) is 5.69 Å². The Kier molecular flexibility index (Phi) is 4.40. The maximum absolute atomic E-state index is 9.55. The van der Waals surface area contributed by atoms with Crippen LogP contribution in [0.2, 0.25) is 0 Å². The van der Waals surface area contributed by atoms with Crippen LogP contribution in [0.4, 0.5) is 23.4 Å². The summed E-state index contributed by atoms with van der Waals surface area (Å²) in [4.78, 5) is 10.9. The SMILES string of the molecule is Nc1nc(Nc2ccccc2)nn1-c1ccnc(N2CCC[C@@H]2CO)c1. The van der Waals surface area contributed by atoms with Crippen molar-refractivity contribution in [2.75, 3.05) is 29.1 Å². The first-order valence-corrected chi connectivity index (χ1v) is 8.63. The summed E-state index contributed by atoms with van der Waals surface area (Å²) in [5.41, 5.74) is 7.73. The van der Waals surface area contributed by atoms with Crippen LogP contribution in [0.25, 0.3) is 5.69 Å². The third-order valence-electron chi connectivity index (χ3n) is 4.52. The lowest BCUT2D eigenvalue weighted by Crippen LogP contribution is -2.32. The molecule has 0 unspecified atom stereocenters. The molecule has 4 rings (SSSR count). The van der Waals surface area contributed by atoms with Crippen LogP contribution < -0.4 is 16.0 Å². The van der Waals surface area contributed by atoms with Crippen LogP contribution in [-0.2, 0) is 0 Å². The number of aliphatic hydroxyl groups is 1. The molecule has 1 saturated heterocycles. The van der Waals surface area contributed by atoms with Crippen molar-refractivity contribution in [2.45, 2.75) is 18.9 Å². The Morgan fingerprint density at radius 2 is 2.08 bits per heavy atom. The molecule has 3 heterocycles. The minimum Gasteiger partial charge on any atom is -0.394 e. The lowest BCUT2D eigenvalue weighted by Gasteiger charge is -2.24. The van der Waals surface area contributed by atoms with Gasteiger partial charge in [-0.05, 0) is 31.0 Å². The number of benzene rings is 1. The van der Waals surface area contributed by atoms with Crippen molar-refractivity contribution in [1.82, 2.24) is 19.7 Å². The fourth-order valence-corrected chi connectivity index (χ4v) is 3.24. The summed E-state index contributed by atoms with van der Waals surface area (Å²) in [7, 11) is 0. The van der Waals surface area contributed by atoms with E-state index in [2.05, 4.69) is 25.3 Å². The number of nitrogens with one attached hydrogen (secondary N) is 1. The second-order valence-electron chi connectivity index (χ2n) is 6.24. The van der Waals surface area contributed by atoms with Crippen LogP contribution in [0.1, 0.15) is 12.8 Å². The third kappa shape index (κ3) is 3.18. The monoisotopic (exact) mass is 351 g/mol. The number of para-hydroxylation sites is 1. The highest BCUT2D eigenvalue weighted by Crippen LogP contribution is 2.26. The van der Waals surface area contributed by atoms with Gasteiger partial charge in [-0.25, -0.2) is 4.98 Å². The van der Waals surface area contributed by atoms with Gasteiger partial charge in [0.1, 0.15) is 5.82 Å². The molecule has 2 aromatic heterocycles. The maximum atomic E-state index is 9.55. The number of aromatic nitrogens is 4. The zero-order valence-corrected chi connectivity index (χ0v) is 14.3. The maximum Gasteiger partial charge on any atom is 0.248 e. The van der Waals surface area contributed by atoms with Gasteiger partial charge in [0.05, 0.1) is 18.3 Å². The molecule has 8 nitrogen and oxygen atoms in total. The van der Waals surface area contributed by atoms with Gasteiger partial charge in [-0.15, -0.1) is 5.10 Å². The van der Waals surface area contributed by atoms with Crippen LogP contribution >= 0.6 is 0 Å². The fraction of sp³-hybridized carbons (Fsp3) is 0.278. The van der Waals surface area contributed by atoms with Crippen LogP contribution in [0, 0.1) is 0 Å². The van der Waals surface area contributed by atoms with Crippen molar-refractivity contribution in [3.63, 3.8) is 0 Å². The average molecular weight is 351 g/mol. The summed E-state index contributed by atoms with van der Waals surface area (Å²) in [5, 5.41) is 17.1. The Morgan fingerprint density at radius 1 is 1.23 bits per heavy atom. The predicted octanol–water partition coefficient (Wildman–Crippen LogP) is 1.95. The molecule has 1 atom stereocenters. The Morgan fingerprint density at radius 3 is 2.88 bits per heavy atom. The van der Waals surface area contributed by atoms with Gasteiger partial charge < -0.3 is 21.1 Å². The molecule has 8 heteroatoms. The van der Waals surface area contributed by atoms with Gasteiger partial charge in [-0.3, -0.25) is 0 Å². The predicted molar refractivity (Wildman–Crippen MR) is 101 cm³/mol. The zero-order chi connectivity index (χ0) is 17.9. The second-order valence-corrected chi connectivity index (χ2v) is 6.24. The molecule has 1 aliphatic heterocycles. The summed E-state index contributed by atoms with van der Waals surface area (Å²) >= 11 is 0. The summed E-state index contributed by atoms with van der Waals surface area (Å²) in [6.45, 7) is 1.01. The number of nitrogen functional groups attached to an aromatic ring is 1. The van der Waals surface area contributed by atoms with Crippen LogP contribution in [0.3, 0.4) is 0 Å². The van der Waals surface area contributed by atoms with Gasteiger partial charge in [-0.1, -0.05) is 18.2 Å². The van der Waals surface area contributed by atoms with Crippen molar-refractivity contribution in [2.24, 2.45) is 0 Å². The Bertz CT molecular complexity index is 880. The molecule has 0 aliphatic carbocycles. The van der Waals surface area contributed by atoms with E-state index >= 15 is 0 Å². The van der Waals surface area contributed by atoms with E-state index in [1.54, 1.807) is 10.9 Å². The van der Waals surface area contributed by atoms with Crippen molar-refractivity contribution < 1.29 is 5.11 Å². The smallest absolute Gasteiger partial charge is 0.248 e. The number of hydrogen-bond acceptors (Lipinski definition) is 7. The Balaban J connectivity index is 1.61. The van der Waals surface area contributed by atoms with E-state index in [0.717, 1.165) is 36.6 Å². The number of rotatable bonds is 5. The third-order valence-corrected chi connectivity index (χ3v) is 4.52. The average Bonchev–Trinajstić information content (AvgIpc) is 3.29. The van der Waals surface area contributed by atoms with E-state index in [1.165, 1.54) is 0 Å². The van der Waals surface area contributed by atoms with Crippen LogP contribution in [0.15, 0.2) is 48.7 Å². The van der Waals surface area contributed by atoms with Gasteiger partial charge in [0.15, 0.2) is 0 Å². The van der Waals surface area contributed by atoms with Gasteiger partial charge in [0, 0.05) is 24.5 Å². The molecule has 0 radical (unpaired) electrons. The fourth-order valence-electron chi connectivity index (χ4n) is 3.24. The first kappa shape index (κ1) is 16.3. The Hall–Kier alpha value is -3.13. The highest BCUT2D eigenvalue weighted by Gasteiger charge is 2.25. The van der Waals surface area contributed by atoms with Crippen molar-refractivity contribution >= 4 is 23.4 Å². The van der Waals surface area contributed by atoms with Crippen molar-refractivity contribution in [3.05, 3.63) is 48.7 Å². The molecule has 4 N–H and O–H groups in total. The Labute approximate surface area is 151 Å². The number of anilines is 4. The summed E-state index contributed by atoms with van der Waals surface area (Å²) in [6, 6.07) is 13.6. The van der Waals surface area contributed by atoms with E-state index in [1.807, 2.05) is 42.5 Å². The molecule has 0 spiro atoms. The summed E-state index contributed by atoms with van der Waals surface area (Å²) in [6.07, 6.45) is 3.75. The lowest BCUT2D eigenvalue weighted by atomic mass is 10.2. The van der Waals surface area contributed by atoms with E-state index in [0.29, 0.717) is 11.9 Å². The highest BCUT2D eigenvalue weighted by atomic mass is 16.3. The quantitative estimate of drug-likeness (QED) is 0.645. The number of nitrogens with two attached hydrogens (primary N) is 1. The topological polar surface area (TPSA) is 105 Å². The van der Waals surface area contributed by atoms with Gasteiger partial charge >= 0.3 is 0 Å².